The van der Waals surface area contributed by atoms with E-state index in [1.54, 1.807) is 12.3 Å². The lowest BCUT2D eigenvalue weighted by atomic mass is 10.2. The molecule has 0 aliphatic carbocycles. The number of benzene rings is 1. The molecule has 0 saturated carbocycles. The number of hydrogen-bond donors (Lipinski definition) is 1. The molecule has 0 spiro atoms. The number of halogens is 2. The molecule has 0 aliphatic heterocycles. The van der Waals surface area contributed by atoms with Gasteiger partial charge in [-0.1, -0.05) is 0 Å². The van der Waals surface area contributed by atoms with E-state index < -0.39 is 6.09 Å². The van der Waals surface area contributed by atoms with E-state index in [0.717, 1.165) is 13.4 Å². The van der Waals surface area contributed by atoms with Crippen LogP contribution in [0.1, 0.15) is 0 Å². The summed E-state index contributed by atoms with van der Waals surface area (Å²) in [6.45, 7) is 0. The average molecular weight is 366 g/mol. The highest BCUT2D eigenvalue weighted by atomic mass is 127. The topological polar surface area (TPSA) is 42.2 Å². The molecule has 2 aromatic rings. The maximum atomic E-state index is 10.9. The number of rotatable bonds is 0. The van der Waals surface area contributed by atoms with Crippen molar-refractivity contribution in [3.05, 3.63) is 32.4 Å². The summed E-state index contributed by atoms with van der Waals surface area (Å²) >= 11 is 5.53. The third kappa shape index (κ3) is 1.54. The van der Waals surface area contributed by atoms with E-state index in [1.807, 2.05) is 12.1 Å². The summed E-state index contributed by atoms with van der Waals surface area (Å²) < 4.78 is 3.09. The van der Waals surface area contributed by atoms with Gasteiger partial charge in [0.05, 0.1) is 5.52 Å². The molecule has 14 heavy (non-hydrogen) atoms. The van der Waals surface area contributed by atoms with Crippen molar-refractivity contribution < 1.29 is 9.90 Å². The molecule has 0 bridgehead atoms. The van der Waals surface area contributed by atoms with Crippen LogP contribution in [0.3, 0.4) is 0 Å². The van der Waals surface area contributed by atoms with Crippen LogP contribution < -0.4 is 0 Å². The predicted molar refractivity (Wildman–Crippen MR) is 65.8 cm³/mol. The van der Waals surface area contributed by atoms with Gasteiger partial charge in [-0.3, -0.25) is 4.57 Å². The fourth-order valence-electron chi connectivity index (χ4n) is 1.32. The lowest BCUT2D eigenvalue weighted by Crippen LogP contribution is -2.05. The number of carboxylic acid groups (broad SMARTS) is 1. The maximum absolute atomic E-state index is 10.9. The molecule has 72 valence electrons. The van der Waals surface area contributed by atoms with Crippen LogP contribution in [0.15, 0.2) is 28.9 Å². The Kier molecular flexibility index (Phi) is 2.52. The van der Waals surface area contributed by atoms with E-state index in [2.05, 4.69) is 38.5 Å². The van der Waals surface area contributed by atoms with Crippen LogP contribution in [-0.4, -0.2) is 15.8 Å². The van der Waals surface area contributed by atoms with Crippen LogP contribution >= 0.6 is 38.5 Å². The Balaban J connectivity index is 2.84. The number of aromatic nitrogens is 1. The van der Waals surface area contributed by atoms with E-state index in [4.69, 9.17) is 5.11 Å². The Labute approximate surface area is 102 Å². The van der Waals surface area contributed by atoms with E-state index >= 15 is 0 Å². The largest absolute Gasteiger partial charge is 0.464 e. The SMILES string of the molecule is O=C(O)n1cc(Br)c2cc(I)ccc21. The van der Waals surface area contributed by atoms with E-state index in [-0.39, 0.29) is 0 Å². The molecule has 0 saturated heterocycles. The second kappa shape index (κ2) is 3.54. The predicted octanol–water partition coefficient (Wildman–Crippen LogP) is 3.53. The van der Waals surface area contributed by atoms with E-state index in [1.165, 1.54) is 4.57 Å². The Bertz CT molecular complexity index is 521. The molecule has 5 heteroatoms. The first-order valence-electron chi connectivity index (χ1n) is 3.79. The average Bonchev–Trinajstić information content (AvgIpc) is 2.44. The van der Waals surface area contributed by atoms with Gasteiger partial charge in [0.15, 0.2) is 0 Å². The van der Waals surface area contributed by atoms with Gasteiger partial charge in [-0.25, -0.2) is 4.79 Å². The minimum atomic E-state index is -0.970. The van der Waals surface area contributed by atoms with Crippen LogP contribution in [0.2, 0.25) is 0 Å². The molecule has 3 nitrogen and oxygen atoms in total. The summed E-state index contributed by atoms with van der Waals surface area (Å²) in [5.41, 5.74) is 0.699. The van der Waals surface area contributed by atoms with Crippen LogP contribution in [-0.2, 0) is 0 Å². The number of nitrogens with zero attached hydrogens (tertiary/aromatic N) is 1. The summed E-state index contributed by atoms with van der Waals surface area (Å²) in [5, 5.41) is 9.82. The van der Waals surface area contributed by atoms with Gasteiger partial charge >= 0.3 is 6.09 Å². The molecule has 1 N–H and O–H groups in total. The number of fused-ring (bicyclic) bond motifs is 1. The molecule has 0 amide bonds. The van der Waals surface area contributed by atoms with Crippen molar-refractivity contribution in [1.82, 2.24) is 4.57 Å². The summed E-state index contributed by atoms with van der Waals surface area (Å²) in [6.07, 6.45) is 0.588. The molecule has 0 atom stereocenters. The fraction of sp³-hybridized carbons (Fsp3) is 0. The van der Waals surface area contributed by atoms with Crippen molar-refractivity contribution in [1.29, 1.82) is 0 Å². The van der Waals surface area contributed by atoms with Crippen molar-refractivity contribution in [3.8, 4) is 0 Å². The normalized spacial score (nSPS) is 10.7. The van der Waals surface area contributed by atoms with Gasteiger partial charge in [-0.15, -0.1) is 0 Å². The molecule has 1 heterocycles. The van der Waals surface area contributed by atoms with Crippen LogP contribution in [0.25, 0.3) is 10.9 Å². The molecule has 1 aromatic heterocycles. The molecule has 0 aliphatic rings. The molecular weight excluding hydrogens is 361 g/mol. The second-order valence-corrected chi connectivity index (χ2v) is 4.89. The van der Waals surface area contributed by atoms with E-state index in [9.17, 15) is 4.79 Å². The Hall–Kier alpha value is -0.560. The highest BCUT2D eigenvalue weighted by Gasteiger charge is 2.10. The molecule has 0 unspecified atom stereocenters. The quantitative estimate of drug-likeness (QED) is 0.725. The van der Waals surface area contributed by atoms with Crippen molar-refractivity contribution in [3.63, 3.8) is 0 Å². The Morgan fingerprint density at radius 2 is 2.21 bits per heavy atom. The minimum absolute atomic E-state index is 0.699. The zero-order valence-corrected chi connectivity index (χ0v) is 10.6. The smallest absolute Gasteiger partial charge is 0.416 e. The fourth-order valence-corrected chi connectivity index (χ4v) is 2.33. The maximum Gasteiger partial charge on any atom is 0.416 e. The van der Waals surface area contributed by atoms with Crippen molar-refractivity contribution in [2.75, 3.05) is 0 Å². The van der Waals surface area contributed by atoms with Gasteiger partial charge in [0.2, 0.25) is 0 Å². The third-order valence-corrected chi connectivity index (χ3v) is 3.23. The molecule has 1 aromatic carbocycles. The highest BCUT2D eigenvalue weighted by molar-refractivity contribution is 14.1. The number of hydrogen-bond acceptors (Lipinski definition) is 1. The summed E-state index contributed by atoms with van der Waals surface area (Å²) in [7, 11) is 0. The lowest BCUT2D eigenvalue weighted by Gasteiger charge is -1.97. The Morgan fingerprint density at radius 1 is 1.50 bits per heavy atom. The van der Waals surface area contributed by atoms with Crippen LogP contribution in [0.4, 0.5) is 4.79 Å². The standard InChI is InChI=1S/C9H5BrINO2/c10-7-4-12(9(13)14)8-2-1-5(11)3-6(7)8/h1-4H,(H,13,14). The van der Waals surface area contributed by atoms with Gasteiger partial charge in [-0.2, -0.15) is 0 Å². The second-order valence-electron chi connectivity index (χ2n) is 2.79. The van der Waals surface area contributed by atoms with Crippen molar-refractivity contribution in [2.45, 2.75) is 0 Å². The summed E-state index contributed by atoms with van der Waals surface area (Å²) in [4.78, 5) is 10.9. The molecular formula is C9H5BrINO2. The van der Waals surface area contributed by atoms with Crippen LogP contribution in [0, 0.1) is 3.57 Å². The third-order valence-electron chi connectivity index (χ3n) is 1.92. The zero-order valence-electron chi connectivity index (χ0n) is 6.87. The lowest BCUT2D eigenvalue weighted by molar-refractivity contribution is 0.197. The first-order chi connectivity index (χ1) is 6.59. The van der Waals surface area contributed by atoms with Gasteiger partial charge in [0.1, 0.15) is 0 Å². The van der Waals surface area contributed by atoms with Gasteiger partial charge < -0.3 is 5.11 Å². The minimum Gasteiger partial charge on any atom is -0.464 e. The van der Waals surface area contributed by atoms with Crippen LogP contribution in [0.5, 0.6) is 0 Å². The molecule has 0 fully saturated rings. The monoisotopic (exact) mass is 365 g/mol. The summed E-state index contributed by atoms with van der Waals surface area (Å²) in [6, 6.07) is 5.63. The summed E-state index contributed by atoms with van der Waals surface area (Å²) in [5.74, 6) is 0. The van der Waals surface area contributed by atoms with Gasteiger partial charge in [-0.05, 0) is 56.7 Å². The number of carbonyl (C=O) groups is 1. The van der Waals surface area contributed by atoms with Gasteiger partial charge in [0.25, 0.3) is 0 Å². The first kappa shape index (κ1) is 9.97. The van der Waals surface area contributed by atoms with Crippen molar-refractivity contribution in [2.24, 2.45) is 0 Å². The Morgan fingerprint density at radius 3 is 2.86 bits per heavy atom. The van der Waals surface area contributed by atoms with Gasteiger partial charge in [0, 0.05) is 19.6 Å². The first-order valence-corrected chi connectivity index (χ1v) is 5.66. The highest BCUT2D eigenvalue weighted by Crippen LogP contribution is 2.27. The molecule has 2 rings (SSSR count). The van der Waals surface area contributed by atoms with E-state index in [0.29, 0.717) is 5.52 Å². The molecule has 0 radical (unpaired) electrons. The van der Waals surface area contributed by atoms with Crippen molar-refractivity contribution >= 4 is 55.5 Å². The zero-order chi connectivity index (χ0) is 10.3.